The van der Waals surface area contributed by atoms with Crippen LogP contribution in [0.15, 0.2) is 36.7 Å². The zero-order chi connectivity index (χ0) is 22.4. The number of nitrogens with one attached hydrogen (secondary N) is 1. The molecule has 1 aromatic carbocycles. The molecule has 0 atom stereocenters. The second kappa shape index (κ2) is 10.5. The molecule has 3 rings (SSSR count). The van der Waals surface area contributed by atoms with Gasteiger partial charge in [0.2, 0.25) is 5.91 Å². The lowest BCUT2D eigenvalue weighted by atomic mass is 10.2. The van der Waals surface area contributed by atoms with E-state index >= 15 is 0 Å². The van der Waals surface area contributed by atoms with E-state index in [0.717, 1.165) is 25.2 Å². The number of benzene rings is 1. The third kappa shape index (κ3) is 6.83. The summed E-state index contributed by atoms with van der Waals surface area (Å²) in [6.07, 6.45) is 2.56. The first-order chi connectivity index (χ1) is 14.8. The van der Waals surface area contributed by atoms with Gasteiger partial charge < -0.3 is 19.7 Å². The first kappa shape index (κ1) is 22.8. The molecule has 166 valence electrons. The van der Waals surface area contributed by atoms with Crippen LogP contribution in [0.1, 0.15) is 26.3 Å². The summed E-state index contributed by atoms with van der Waals surface area (Å²) >= 11 is 6.22. The standard InChI is InChI=1S/C22H27ClN4O4/c1-15(2)30-21-10-17(4-5-20(21)23)14-26-6-8-27(9-7-26)22(29)31-19-11-18(12-24-13-19)25-16(3)28/h4-5,10-13,15H,6-9,14H2,1-3H3,(H,25,28). The molecule has 0 unspecified atom stereocenters. The molecule has 1 N–H and O–H groups in total. The Morgan fingerprint density at radius 1 is 1.16 bits per heavy atom. The van der Waals surface area contributed by atoms with Crippen molar-refractivity contribution in [1.29, 1.82) is 0 Å². The maximum Gasteiger partial charge on any atom is 0.415 e. The molecule has 1 aromatic heterocycles. The fourth-order valence-corrected chi connectivity index (χ4v) is 3.41. The molecular formula is C22H27ClN4O4. The monoisotopic (exact) mass is 446 g/mol. The van der Waals surface area contributed by atoms with Crippen LogP contribution < -0.4 is 14.8 Å². The van der Waals surface area contributed by atoms with E-state index in [9.17, 15) is 9.59 Å². The fourth-order valence-electron chi connectivity index (χ4n) is 3.25. The average Bonchev–Trinajstić information content (AvgIpc) is 2.70. The van der Waals surface area contributed by atoms with E-state index in [2.05, 4.69) is 15.2 Å². The fraction of sp³-hybridized carbons (Fsp3) is 0.409. The van der Waals surface area contributed by atoms with Gasteiger partial charge in [-0.05, 0) is 31.5 Å². The Balaban J connectivity index is 1.51. The summed E-state index contributed by atoms with van der Waals surface area (Å²) in [7, 11) is 0. The second-order valence-electron chi connectivity index (χ2n) is 7.65. The van der Waals surface area contributed by atoms with Crippen LogP contribution in [0, 0.1) is 0 Å². The number of nitrogens with zero attached hydrogens (tertiary/aromatic N) is 3. The van der Waals surface area contributed by atoms with Crippen LogP contribution in [-0.4, -0.2) is 59.1 Å². The van der Waals surface area contributed by atoms with Crippen molar-refractivity contribution < 1.29 is 19.1 Å². The molecule has 0 saturated carbocycles. The van der Waals surface area contributed by atoms with Crippen molar-refractivity contribution in [2.75, 3.05) is 31.5 Å². The average molecular weight is 447 g/mol. The number of halogens is 1. The molecule has 2 heterocycles. The quantitative estimate of drug-likeness (QED) is 0.726. The van der Waals surface area contributed by atoms with Crippen molar-refractivity contribution in [3.8, 4) is 11.5 Å². The molecule has 9 heteroatoms. The van der Waals surface area contributed by atoms with Gasteiger partial charge in [-0.1, -0.05) is 17.7 Å². The number of piperazine rings is 1. The van der Waals surface area contributed by atoms with Crippen molar-refractivity contribution in [3.05, 3.63) is 47.2 Å². The molecule has 1 aliphatic heterocycles. The Kier molecular flexibility index (Phi) is 7.70. The molecule has 2 amide bonds. The van der Waals surface area contributed by atoms with E-state index in [4.69, 9.17) is 21.1 Å². The largest absolute Gasteiger partial charge is 0.489 e. The summed E-state index contributed by atoms with van der Waals surface area (Å²) < 4.78 is 11.2. The van der Waals surface area contributed by atoms with Crippen LogP contribution in [-0.2, 0) is 11.3 Å². The van der Waals surface area contributed by atoms with Crippen LogP contribution in [0.3, 0.4) is 0 Å². The number of ether oxygens (including phenoxy) is 2. The van der Waals surface area contributed by atoms with Gasteiger partial charge in [0.25, 0.3) is 0 Å². The molecule has 31 heavy (non-hydrogen) atoms. The van der Waals surface area contributed by atoms with Gasteiger partial charge in [0, 0.05) is 45.7 Å². The van der Waals surface area contributed by atoms with Crippen LogP contribution in [0.5, 0.6) is 11.5 Å². The van der Waals surface area contributed by atoms with E-state index in [1.807, 2.05) is 32.0 Å². The number of rotatable bonds is 6. The lowest BCUT2D eigenvalue weighted by Crippen LogP contribution is -2.49. The van der Waals surface area contributed by atoms with Crippen molar-refractivity contribution in [3.63, 3.8) is 0 Å². The molecule has 0 bridgehead atoms. The summed E-state index contributed by atoms with van der Waals surface area (Å²) in [4.78, 5) is 31.6. The van der Waals surface area contributed by atoms with Crippen molar-refractivity contribution in [2.45, 2.75) is 33.4 Å². The zero-order valence-corrected chi connectivity index (χ0v) is 18.7. The van der Waals surface area contributed by atoms with E-state index in [-0.39, 0.29) is 17.8 Å². The normalized spacial score (nSPS) is 14.4. The van der Waals surface area contributed by atoms with Crippen molar-refractivity contribution >= 4 is 29.3 Å². The summed E-state index contributed by atoms with van der Waals surface area (Å²) in [6.45, 7) is 8.64. The van der Waals surface area contributed by atoms with Gasteiger partial charge in [0.15, 0.2) is 5.75 Å². The highest BCUT2D eigenvalue weighted by Crippen LogP contribution is 2.27. The maximum absolute atomic E-state index is 12.5. The van der Waals surface area contributed by atoms with Crippen LogP contribution >= 0.6 is 11.6 Å². The van der Waals surface area contributed by atoms with E-state index < -0.39 is 6.09 Å². The first-order valence-electron chi connectivity index (χ1n) is 10.2. The van der Waals surface area contributed by atoms with Crippen LogP contribution in [0.25, 0.3) is 0 Å². The predicted octanol–water partition coefficient (Wildman–Crippen LogP) is 3.80. The number of anilines is 1. The highest BCUT2D eigenvalue weighted by molar-refractivity contribution is 6.32. The van der Waals surface area contributed by atoms with E-state index in [1.165, 1.54) is 19.3 Å². The molecule has 0 spiro atoms. The van der Waals surface area contributed by atoms with Crippen molar-refractivity contribution in [2.24, 2.45) is 0 Å². The van der Waals surface area contributed by atoms with E-state index in [0.29, 0.717) is 29.5 Å². The molecule has 8 nitrogen and oxygen atoms in total. The van der Waals surface area contributed by atoms with Gasteiger partial charge >= 0.3 is 6.09 Å². The number of hydrogen-bond donors (Lipinski definition) is 1. The van der Waals surface area contributed by atoms with Gasteiger partial charge in [0.05, 0.1) is 29.2 Å². The van der Waals surface area contributed by atoms with Gasteiger partial charge in [-0.25, -0.2) is 4.79 Å². The van der Waals surface area contributed by atoms with Crippen LogP contribution in [0.4, 0.5) is 10.5 Å². The predicted molar refractivity (Wildman–Crippen MR) is 119 cm³/mol. The third-order valence-electron chi connectivity index (χ3n) is 4.63. The zero-order valence-electron chi connectivity index (χ0n) is 17.9. The number of aromatic nitrogens is 1. The SMILES string of the molecule is CC(=O)Nc1cncc(OC(=O)N2CCN(Cc3ccc(Cl)c(OC(C)C)c3)CC2)c1. The summed E-state index contributed by atoms with van der Waals surface area (Å²) in [5.74, 6) is 0.758. The lowest BCUT2D eigenvalue weighted by Gasteiger charge is -2.34. The maximum atomic E-state index is 12.5. The minimum absolute atomic E-state index is 0.0523. The van der Waals surface area contributed by atoms with Gasteiger partial charge in [-0.3, -0.25) is 14.7 Å². The summed E-state index contributed by atoms with van der Waals surface area (Å²) in [5.41, 5.74) is 1.59. The Morgan fingerprint density at radius 2 is 1.90 bits per heavy atom. The van der Waals surface area contributed by atoms with E-state index in [1.54, 1.807) is 11.0 Å². The van der Waals surface area contributed by atoms with Gasteiger partial charge in [0.1, 0.15) is 5.75 Å². The second-order valence-corrected chi connectivity index (χ2v) is 8.06. The minimum atomic E-state index is -0.430. The number of carbonyl (C=O) groups is 2. The highest BCUT2D eigenvalue weighted by Gasteiger charge is 2.23. The first-order valence-corrected chi connectivity index (χ1v) is 10.5. The number of carbonyl (C=O) groups excluding carboxylic acids is 2. The third-order valence-corrected chi connectivity index (χ3v) is 4.95. The number of hydrogen-bond acceptors (Lipinski definition) is 6. The Bertz CT molecular complexity index is 929. The topological polar surface area (TPSA) is 84.0 Å². The smallest absolute Gasteiger partial charge is 0.415 e. The molecular weight excluding hydrogens is 420 g/mol. The Hall–Kier alpha value is -2.84. The van der Waals surface area contributed by atoms with Crippen molar-refractivity contribution in [1.82, 2.24) is 14.8 Å². The Morgan fingerprint density at radius 3 is 2.58 bits per heavy atom. The van der Waals surface area contributed by atoms with Crippen LogP contribution in [0.2, 0.25) is 5.02 Å². The molecule has 2 aromatic rings. The minimum Gasteiger partial charge on any atom is -0.489 e. The molecule has 0 radical (unpaired) electrons. The molecule has 1 saturated heterocycles. The molecule has 1 fully saturated rings. The van der Waals surface area contributed by atoms with Gasteiger partial charge in [-0.2, -0.15) is 0 Å². The molecule has 1 aliphatic rings. The molecule has 0 aliphatic carbocycles. The summed E-state index contributed by atoms with van der Waals surface area (Å²) in [6, 6.07) is 7.38. The summed E-state index contributed by atoms with van der Waals surface area (Å²) in [5, 5.41) is 3.21. The number of pyridine rings is 1. The number of amides is 2. The lowest BCUT2D eigenvalue weighted by molar-refractivity contribution is -0.114. The Labute approximate surface area is 187 Å². The van der Waals surface area contributed by atoms with Gasteiger partial charge in [-0.15, -0.1) is 0 Å². The highest BCUT2D eigenvalue weighted by atomic mass is 35.5.